The van der Waals surface area contributed by atoms with Crippen molar-refractivity contribution >= 4 is 0 Å². The maximum atomic E-state index is 11.6. The van der Waals surface area contributed by atoms with Crippen LogP contribution in [0.1, 0.15) is 13.8 Å². The molecule has 3 N–H and O–H groups in total. The van der Waals surface area contributed by atoms with Crippen LogP contribution in [0.25, 0.3) is 0 Å². The highest BCUT2D eigenvalue weighted by Gasteiger charge is 2.27. The molecule has 0 aromatic carbocycles. The predicted octanol–water partition coefficient (Wildman–Crippen LogP) is 0.874. The van der Waals surface area contributed by atoms with E-state index < -0.39 is 12.7 Å². The van der Waals surface area contributed by atoms with Crippen molar-refractivity contribution in [2.75, 3.05) is 6.54 Å². The third kappa shape index (κ3) is 6.12. The lowest BCUT2D eigenvalue weighted by Crippen LogP contribution is -2.44. The smallest absolute Gasteiger partial charge is 0.327 e. The minimum Gasteiger partial charge on any atom is -0.327 e. The molecule has 0 amide bonds. The molecule has 68 valence electrons. The number of hydrogen-bond acceptors (Lipinski definition) is 2. The second-order valence-electron chi connectivity index (χ2n) is 2.64. The molecule has 5 heteroatoms. The van der Waals surface area contributed by atoms with Crippen molar-refractivity contribution in [1.29, 1.82) is 0 Å². The fourth-order valence-corrected chi connectivity index (χ4v) is 0.463. The zero-order valence-corrected chi connectivity index (χ0v) is 6.57. The predicted molar refractivity (Wildman–Crippen MR) is 37.2 cm³/mol. The SMILES string of the molecule is CC(N)C(C)NCC(F)(F)F. The number of alkyl halides is 3. The van der Waals surface area contributed by atoms with Gasteiger partial charge in [0.1, 0.15) is 0 Å². The van der Waals surface area contributed by atoms with Gasteiger partial charge in [0.25, 0.3) is 0 Å². The van der Waals surface area contributed by atoms with E-state index in [9.17, 15) is 13.2 Å². The molecule has 0 bridgehead atoms. The number of halogens is 3. The van der Waals surface area contributed by atoms with Crippen molar-refractivity contribution in [2.45, 2.75) is 32.1 Å². The topological polar surface area (TPSA) is 38.0 Å². The van der Waals surface area contributed by atoms with Crippen LogP contribution in [0.5, 0.6) is 0 Å². The van der Waals surface area contributed by atoms with Crippen LogP contribution in [0.15, 0.2) is 0 Å². The van der Waals surface area contributed by atoms with E-state index in [4.69, 9.17) is 5.73 Å². The van der Waals surface area contributed by atoms with Gasteiger partial charge in [0.15, 0.2) is 0 Å². The van der Waals surface area contributed by atoms with Gasteiger partial charge in [-0.2, -0.15) is 13.2 Å². The molecule has 11 heavy (non-hydrogen) atoms. The summed E-state index contributed by atoms with van der Waals surface area (Å²) in [6.07, 6.45) is -4.15. The van der Waals surface area contributed by atoms with Crippen molar-refractivity contribution in [3.8, 4) is 0 Å². The summed E-state index contributed by atoms with van der Waals surface area (Å²) in [5.41, 5.74) is 5.34. The summed E-state index contributed by atoms with van der Waals surface area (Å²) >= 11 is 0. The fourth-order valence-electron chi connectivity index (χ4n) is 0.463. The molecule has 0 aliphatic heterocycles. The van der Waals surface area contributed by atoms with Crippen molar-refractivity contribution in [3.63, 3.8) is 0 Å². The van der Waals surface area contributed by atoms with E-state index >= 15 is 0 Å². The molecule has 2 unspecified atom stereocenters. The van der Waals surface area contributed by atoms with Gasteiger partial charge in [0.05, 0.1) is 6.54 Å². The van der Waals surface area contributed by atoms with E-state index in [-0.39, 0.29) is 12.1 Å². The Morgan fingerprint density at radius 2 is 1.82 bits per heavy atom. The quantitative estimate of drug-likeness (QED) is 0.659. The summed E-state index contributed by atoms with van der Waals surface area (Å²) in [6, 6.07) is -0.575. The minimum absolute atomic E-state index is 0.266. The summed E-state index contributed by atoms with van der Waals surface area (Å²) in [6.45, 7) is 2.31. The molecular weight excluding hydrogens is 157 g/mol. The normalized spacial score (nSPS) is 18.0. The first-order chi connectivity index (χ1) is 4.83. The van der Waals surface area contributed by atoms with E-state index in [1.165, 1.54) is 0 Å². The van der Waals surface area contributed by atoms with E-state index in [1.807, 2.05) is 0 Å². The Kier molecular flexibility index (Phi) is 3.82. The van der Waals surface area contributed by atoms with Gasteiger partial charge in [-0.15, -0.1) is 0 Å². The lowest BCUT2D eigenvalue weighted by molar-refractivity contribution is -0.126. The average molecular weight is 170 g/mol. The summed E-state index contributed by atoms with van der Waals surface area (Å²) < 4.78 is 34.7. The first-order valence-corrected chi connectivity index (χ1v) is 3.38. The van der Waals surface area contributed by atoms with Crippen LogP contribution >= 0.6 is 0 Å². The third-order valence-electron chi connectivity index (χ3n) is 1.41. The van der Waals surface area contributed by atoms with Crippen molar-refractivity contribution in [1.82, 2.24) is 5.32 Å². The number of nitrogens with two attached hydrogens (primary N) is 1. The maximum absolute atomic E-state index is 11.6. The molecule has 0 saturated carbocycles. The second kappa shape index (κ2) is 3.92. The first kappa shape index (κ1) is 10.7. The molecule has 0 aliphatic rings. The molecule has 0 heterocycles. The van der Waals surface area contributed by atoms with Gasteiger partial charge in [-0.1, -0.05) is 0 Å². The minimum atomic E-state index is -4.15. The van der Waals surface area contributed by atoms with Crippen molar-refractivity contribution in [3.05, 3.63) is 0 Å². The van der Waals surface area contributed by atoms with E-state index in [1.54, 1.807) is 13.8 Å². The molecule has 0 saturated heterocycles. The fraction of sp³-hybridized carbons (Fsp3) is 1.00. The molecule has 0 radical (unpaired) electrons. The van der Waals surface area contributed by atoms with Gasteiger partial charge in [-0.3, -0.25) is 0 Å². The van der Waals surface area contributed by atoms with Gasteiger partial charge in [0.2, 0.25) is 0 Å². The standard InChI is InChI=1S/C6H13F3N2/c1-4(10)5(2)11-3-6(7,8)9/h4-5,11H,3,10H2,1-2H3. The highest BCUT2D eigenvalue weighted by atomic mass is 19.4. The zero-order valence-electron chi connectivity index (χ0n) is 6.57. The molecule has 0 spiro atoms. The Labute approximate surface area is 64.0 Å². The van der Waals surface area contributed by atoms with Crippen LogP contribution in [0, 0.1) is 0 Å². The summed E-state index contributed by atoms with van der Waals surface area (Å²) in [5.74, 6) is 0. The Bertz CT molecular complexity index is 111. The van der Waals surface area contributed by atoms with Gasteiger partial charge in [-0.05, 0) is 13.8 Å². The van der Waals surface area contributed by atoms with E-state index in [0.717, 1.165) is 0 Å². The molecular formula is C6H13F3N2. The van der Waals surface area contributed by atoms with Gasteiger partial charge >= 0.3 is 6.18 Å². The molecule has 0 aromatic rings. The lowest BCUT2D eigenvalue weighted by atomic mass is 10.2. The number of rotatable bonds is 3. The van der Waals surface area contributed by atoms with Gasteiger partial charge < -0.3 is 11.1 Å². The van der Waals surface area contributed by atoms with Crippen molar-refractivity contribution in [2.24, 2.45) is 5.73 Å². The Hall–Kier alpha value is -0.290. The molecule has 0 aliphatic carbocycles. The van der Waals surface area contributed by atoms with E-state index in [2.05, 4.69) is 5.32 Å². The number of hydrogen-bond donors (Lipinski definition) is 2. The van der Waals surface area contributed by atoms with E-state index in [0.29, 0.717) is 0 Å². The third-order valence-corrected chi connectivity index (χ3v) is 1.41. The summed E-state index contributed by atoms with van der Waals surface area (Å²) in [7, 11) is 0. The van der Waals surface area contributed by atoms with Crippen LogP contribution in [0.3, 0.4) is 0 Å². The molecule has 0 aromatic heterocycles. The van der Waals surface area contributed by atoms with Crippen molar-refractivity contribution < 1.29 is 13.2 Å². The summed E-state index contributed by atoms with van der Waals surface area (Å²) in [4.78, 5) is 0. The Morgan fingerprint density at radius 1 is 1.36 bits per heavy atom. The average Bonchev–Trinajstić information content (AvgIpc) is 1.80. The highest BCUT2D eigenvalue weighted by molar-refractivity contribution is 4.71. The van der Waals surface area contributed by atoms with Crippen LogP contribution in [-0.4, -0.2) is 24.8 Å². The molecule has 0 fully saturated rings. The second-order valence-corrected chi connectivity index (χ2v) is 2.64. The van der Waals surface area contributed by atoms with Gasteiger partial charge in [-0.25, -0.2) is 0 Å². The molecule has 0 rings (SSSR count). The Morgan fingerprint density at radius 3 is 2.09 bits per heavy atom. The zero-order chi connectivity index (χ0) is 9.07. The first-order valence-electron chi connectivity index (χ1n) is 3.38. The van der Waals surface area contributed by atoms with Crippen LogP contribution in [0.2, 0.25) is 0 Å². The molecule has 2 nitrogen and oxygen atoms in total. The van der Waals surface area contributed by atoms with Crippen LogP contribution in [-0.2, 0) is 0 Å². The lowest BCUT2D eigenvalue weighted by Gasteiger charge is -2.18. The largest absolute Gasteiger partial charge is 0.401 e. The van der Waals surface area contributed by atoms with Crippen LogP contribution in [0.4, 0.5) is 13.2 Å². The Balaban J connectivity index is 3.54. The van der Waals surface area contributed by atoms with Crippen LogP contribution < -0.4 is 11.1 Å². The van der Waals surface area contributed by atoms with Gasteiger partial charge in [0, 0.05) is 12.1 Å². The summed E-state index contributed by atoms with van der Waals surface area (Å²) in [5, 5.41) is 2.27. The monoisotopic (exact) mass is 170 g/mol. The molecule has 2 atom stereocenters. The maximum Gasteiger partial charge on any atom is 0.401 e. The number of nitrogens with one attached hydrogen (secondary N) is 1. The highest BCUT2D eigenvalue weighted by Crippen LogP contribution is 2.12.